The van der Waals surface area contributed by atoms with Gasteiger partial charge in [0.15, 0.2) is 0 Å². The van der Waals surface area contributed by atoms with Crippen LogP contribution in [0.4, 0.5) is 0 Å². The van der Waals surface area contributed by atoms with Crippen LogP contribution in [0, 0.1) is 0 Å². The molecule has 3 fully saturated rings. The van der Waals surface area contributed by atoms with Crippen molar-refractivity contribution in [3.63, 3.8) is 0 Å². The molecular weight excluding hydrogens is 272 g/mol. The highest BCUT2D eigenvalue weighted by molar-refractivity contribution is 5.66. The maximum Gasteiger partial charge on any atom is 0.349 e. The van der Waals surface area contributed by atoms with E-state index in [4.69, 9.17) is 19.3 Å². The van der Waals surface area contributed by atoms with Gasteiger partial charge in [0, 0.05) is 6.42 Å². The average Bonchev–Trinajstić information content (AvgIpc) is 3.12. The van der Waals surface area contributed by atoms with Gasteiger partial charge < -0.3 is 9.84 Å². The van der Waals surface area contributed by atoms with E-state index in [-0.39, 0.29) is 11.9 Å². The first kappa shape index (κ1) is 15.3. The van der Waals surface area contributed by atoms with E-state index in [0.717, 1.165) is 19.3 Å². The van der Waals surface area contributed by atoms with Gasteiger partial charge in [-0.1, -0.05) is 57.8 Å². The number of ether oxygens (including phenoxy) is 3. The van der Waals surface area contributed by atoms with Gasteiger partial charge in [0.25, 0.3) is 5.79 Å². The van der Waals surface area contributed by atoms with E-state index in [1.54, 1.807) is 0 Å². The van der Waals surface area contributed by atoms with Crippen molar-refractivity contribution >= 4 is 5.97 Å². The number of aliphatic carboxylic acids is 1. The number of hydrogen-bond donors (Lipinski definition) is 1. The molecule has 1 unspecified atom stereocenters. The summed E-state index contributed by atoms with van der Waals surface area (Å²) in [6, 6.07) is 0. The third kappa shape index (κ3) is 3.25. The van der Waals surface area contributed by atoms with Crippen molar-refractivity contribution in [2.75, 3.05) is 0 Å². The average molecular weight is 298 g/mol. The lowest BCUT2D eigenvalue weighted by atomic mass is 10.0. The summed E-state index contributed by atoms with van der Waals surface area (Å²) in [6.45, 7) is 0. The maximum absolute atomic E-state index is 10.3. The van der Waals surface area contributed by atoms with E-state index in [0.29, 0.717) is 6.42 Å². The first-order valence-corrected chi connectivity index (χ1v) is 8.48. The minimum Gasteiger partial charge on any atom is -0.481 e. The van der Waals surface area contributed by atoms with Gasteiger partial charge in [0.1, 0.15) is 6.10 Å². The molecule has 0 saturated carbocycles. The molecule has 3 saturated heterocycles. The molecule has 5 nitrogen and oxygen atoms in total. The molecule has 21 heavy (non-hydrogen) atoms. The van der Waals surface area contributed by atoms with Crippen molar-refractivity contribution in [1.82, 2.24) is 0 Å². The molecule has 0 spiro atoms. The Bertz CT molecular complexity index is 375. The minimum atomic E-state index is -0.672. The van der Waals surface area contributed by atoms with Crippen molar-refractivity contribution in [3.8, 4) is 0 Å². The van der Waals surface area contributed by atoms with E-state index in [2.05, 4.69) is 0 Å². The molecule has 3 rings (SSSR count). The molecule has 0 bridgehead atoms. The van der Waals surface area contributed by atoms with Crippen LogP contribution in [0.25, 0.3) is 0 Å². The summed E-state index contributed by atoms with van der Waals surface area (Å²) in [4.78, 5) is 10.3. The van der Waals surface area contributed by atoms with Crippen molar-refractivity contribution in [2.24, 2.45) is 0 Å². The minimum absolute atomic E-state index is 0.198. The molecule has 0 aliphatic carbocycles. The summed E-state index contributed by atoms with van der Waals surface area (Å²) in [7, 11) is 0. The lowest BCUT2D eigenvalue weighted by Crippen LogP contribution is -2.33. The zero-order valence-corrected chi connectivity index (χ0v) is 12.6. The van der Waals surface area contributed by atoms with Crippen molar-refractivity contribution < 1.29 is 24.1 Å². The fourth-order valence-corrected chi connectivity index (χ4v) is 3.29. The van der Waals surface area contributed by atoms with Crippen LogP contribution >= 0.6 is 0 Å². The second kappa shape index (κ2) is 6.23. The van der Waals surface area contributed by atoms with Gasteiger partial charge in [-0.3, -0.25) is 14.3 Å². The molecule has 3 aliphatic rings. The number of rotatable bonds is 13. The smallest absolute Gasteiger partial charge is 0.349 e. The lowest BCUT2D eigenvalue weighted by Gasteiger charge is -2.15. The lowest BCUT2D eigenvalue weighted by molar-refractivity contribution is -0.143. The monoisotopic (exact) mass is 298 g/mol. The number of hydrogen-bond acceptors (Lipinski definition) is 4. The highest BCUT2D eigenvalue weighted by Gasteiger charge is 3.05. The fraction of sp³-hybridized carbons (Fsp3) is 0.938. The normalized spacial score (nSPS) is 34.8. The Morgan fingerprint density at radius 2 is 1.38 bits per heavy atom. The SMILES string of the molecule is O=C(O)CCCCCCCCCCCCC1OC23OC12O3. The summed E-state index contributed by atoms with van der Waals surface area (Å²) in [5.74, 6) is -1.48. The quantitative estimate of drug-likeness (QED) is 0.416. The van der Waals surface area contributed by atoms with Crippen molar-refractivity contribution in [1.29, 1.82) is 0 Å². The number of unbranched alkanes of at least 4 members (excludes halogenated alkanes) is 9. The summed E-state index contributed by atoms with van der Waals surface area (Å²) in [5.41, 5.74) is 0. The second-order valence-electron chi connectivity index (χ2n) is 6.50. The number of epoxide rings is 2. The molecule has 0 radical (unpaired) electrons. The third-order valence-corrected chi connectivity index (χ3v) is 4.74. The molecule has 0 aromatic carbocycles. The zero-order chi connectivity index (χ0) is 14.8. The first-order valence-electron chi connectivity index (χ1n) is 8.48. The first-order chi connectivity index (χ1) is 10.2. The Labute approximate surface area is 125 Å². The predicted molar refractivity (Wildman–Crippen MR) is 75.5 cm³/mol. The summed E-state index contributed by atoms with van der Waals surface area (Å²) in [5, 5.41) is 8.52. The summed E-state index contributed by atoms with van der Waals surface area (Å²) >= 11 is 0. The Hall–Kier alpha value is -0.650. The number of carbonyl (C=O) groups is 1. The fourth-order valence-electron chi connectivity index (χ4n) is 3.29. The van der Waals surface area contributed by atoms with Crippen LogP contribution in [0.15, 0.2) is 0 Å². The molecule has 1 N–H and O–H groups in total. The van der Waals surface area contributed by atoms with Crippen molar-refractivity contribution in [2.45, 2.75) is 94.9 Å². The highest BCUT2D eigenvalue weighted by atomic mass is 17.2. The van der Waals surface area contributed by atoms with Gasteiger partial charge in [0.05, 0.1) is 0 Å². The van der Waals surface area contributed by atoms with Crippen LogP contribution in [0.2, 0.25) is 0 Å². The molecule has 5 heteroatoms. The molecular formula is C16H26O5. The predicted octanol–water partition coefficient (Wildman–Crippen LogP) is 3.56. The highest BCUT2D eigenvalue weighted by Crippen LogP contribution is 2.79. The van der Waals surface area contributed by atoms with E-state index in [9.17, 15) is 4.79 Å². The Morgan fingerprint density at radius 3 is 1.81 bits per heavy atom. The standard InChI is InChI=1S/C16H26O5/c17-14(18)12-10-8-6-4-2-1-3-5-7-9-11-13-15-16(19-13,20-15)21-15/h13H,1-12H2,(H,17,18). The van der Waals surface area contributed by atoms with Crippen molar-refractivity contribution in [3.05, 3.63) is 0 Å². The Balaban J connectivity index is 1.03. The van der Waals surface area contributed by atoms with Crippen LogP contribution in [-0.2, 0) is 19.0 Å². The van der Waals surface area contributed by atoms with E-state index >= 15 is 0 Å². The summed E-state index contributed by atoms with van der Waals surface area (Å²) in [6.07, 6.45) is 13.5. The Morgan fingerprint density at radius 1 is 0.857 bits per heavy atom. The van der Waals surface area contributed by atoms with E-state index in [1.165, 1.54) is 51.4 Å². The van der Waals surface area contributed by atoms with E-state index < -0.39 is 11.9 Å². The van der Waals surface area contributed by atoms with Gasteiger partial charge in [0.2, 0.25) is 0 Å². The number of carboxylic acid groups (broad SMARTS) is 1. The van der Waals surface area contributed by atoms with Gasteiger partial charge >= 0.3 is 11.9 Å². The molecule has 3 heterocycles. The maximum atomic E-state index is 10.3. The zero-order valence-electron chi connectivity index (χ0n) is 12.6. The van der Waals surface area contributed by atoms with Crippen LogP contribution < -0.4 is 0 Å². The summed E-state index contributed by atoms with van der Waals surface area (Å²) < 4.78 is 16.1. The van der Waals surface area contributed by atoms with Gasteiger partial charge in [-0.25, -0.2) is 0 Å². The van der Waals surface area contributed by atoms with Gasteiger partial charge in [-0.2, -0.15) is 0 Å². The molecule has 0 aromatic heterocycles. The molecule has 0 aromatic rings. The van der Waals surface area contributed by atoms with Crippen LogP contribution in [0.3, 0.4) is 0 Å². The van der Waals surface area contributed by atoms with Gasteiger partial charge in [-0.05, 0) is 12.8 Å². The molecule has 120 valence electrons. The molecule has 3 aliphatic heterocycles. The molecule has 0 amide bonds. The second-order valence-corrected chi connectivity index (χ2v) is 6.50. The third-order valence-electron chi connectivity index (χ3n) is 4.74. The topological polar surface area (TPSA) is 71.6 Å². The van der Waals surface area contributed by atoms with E-state index in [1.807, 2.05) is 0 Å². The number of carboxylic acids is 1. The Kier molecular flexibility index (Phi) is 4.52. The van der Waals surface area contributed by atoms with Crippen LogP contribution in [0.1, 0.15) is 77.0 Å². The van der Waals surface area contributed by atoms with Crippen LogP contribution in [-0.4, -0.2) is 28.9 Å². The van der Waals surface area contributed by atoms with Crippen LogP contribution in [0.5, 0.6) is 0 Å². The van der Waals surface area contributed by atoms with Gasteiger partial charge in [-0.15, -0.1) is 0 Å². The molecule has 1 atom stereocenters. The largest absolute Gasteiger partial charge is 0.481 e.